The zero-order valence-electron chi connectivity index (χ0n) is 11.2. The molecule has 0 amide bonds. The summed E-state index contributed by atoms with van der Waals surface area (Å²) in [4.78, 5) is 4.45. The van der Waals surface area contributed by atoms with E-state index < -0.39 is 0 Å². The second-order valence-corrected chi connectivity index (χ2v) is 5.36. The van der Waals surface area contributed by atoms with Gasteiger partial charge in [0.2, 0.25) is 0 Å². The SMILES string of the molecule is CCCNC(c1ccc(C)c(C)c1)c1cscn1. The number of rotatable bonds is 5. The van der Waals surface area contributed by atoms with Crippen LogP contribution in [0.5, 0.6) is 0 Å². The van der Waals surface area contributed by atoms with Crippen LogP contribution < -0.4 is 5.32 Å². The van der Waals surface area contributed by atoms with E-state index in [2.05, 4.69) is 54.7 Å². The highest BCUT2D eigenvalue weighted by Crippen LogP contribution is 2.23. The summed E-state index contributed by atoms with van der Waals surface area (Å²) >= 11 is 1.65. The van der Waals surface area contributed by atoms with Crippen LogP contribution in [0.4, 0.5) is 0 Å². The third kappa shape index (κ3) is 2.98. The van der Waals surface area contributed by atoms with E-state index >= 15 is 0 Å². The van der Waals surface area contributed by atoms with Crippen molar-refractivity contribution in [3.8, 4) is 0 Å². The van der Waals surface area contributed by atoms with Gasteiger partial charge in [-0.1, -0.05) is 25.1 Å². The van der Waals surface area contributed by atoms with Crippen molar-refractivity contribution >= 4 is 11.3 Å². The Morgan fingerprint density at radius 1 is 1.28 bits per heavy atom. The van der Waals surface area contributed by atoms with Gasteiger partial charge in [0.15, 0.2) is 0 Å². The van der Waals surface area contributed by atoms with Gasteiger partial charge in [-0.3, -0.25) is 0 Å². The van der Waals surface area contributed by atoms with Crippen molar-refractivity contribution < 1.29 is 0 Å². The van der Waals surface area contributed by atoms with Gasteiger partial charge in [0, 0.05) is 5.38 Å². The molecular formula is C15H20N2S. The number of benzene rings is 1. The van der Waals surface area contributed by atoms with E-state index in [4.69, 9.17) is 0 Å². The van der Waals surface area contributed by atoms with Gasteiger partial charge in [0.05, 0.1) is 17.2 Å². The van der Waals surface area contributed by atoms with Crippen LogP contribution in [0.25, 0.3) is 0 Å². The molecule has 2 aromatic rings. The Morgan fingerprint density at radius 2 is 2.11 bits per heavy atom. The maximum atomic E-state index is 4.45. The summed E-state index contributed by atoms with van der Waals surface area (Å²) in [6.45, 7) is 7.51. The van der Waals surface area contributed by atoms with Crippen molar-refractivity contribution in [2.75, 3.05) is 6.54 Å². The summed E-state index contributed by atoms with van der Waals surface area (Å²) in [5, 5.41) is 5.71. The number of aryl methyl sites for hydroxylation is 2. The first-order chi connectivity index (χ1) is 8.72. The van der Waals surface area contributed by atoms with Crippen LogP contribution in [0.1, 0.15) is 41.8 Å². The fourth-order valence-corrected chi connectivity index (χ4v) is 2.57. The first kappa shape index (κ1) is 13.2. The molecular weight excluding hydrogens is 240 g/mol. The van der Waals surface area contributed by atoms with Gasteiger partial charge in [-0.2, -0.15) is 0 Å². The third-order valence-corrected chi connectivity index (χ3v) is 3.81. The molecule has 1 unspecified atom stereocenters. The Hall–Kier alpha value is -1.19. The van der Waals surface area contributed by atoms with Gasteiger partial charge in [0.1, 0.15) is 0 Å². The fraction of sp³-hybridized carbons (Fsp3) is 0.400. The van der Waals surface area contributed by atoms with Gasteiger partial charge in [0.25, 0.3) is 0 Å². The van der Waals surface area contributed by atoms with Crippen molar-refractivity contribution in [3.63, 3.8) is 0 Å². The Balaban J connectivity index is 2.30. The fourth-order valence-electron chi connectivity index (χ4n) is 1.99. The molecule has 0 radical (unpaired) electrons. The maximum Gasteiger partial charge on any atom is 0.0795 e. The summed E-state index contributed by atoms with van der Waals surface area (Å²) < 4.78 is 0. The number of hydrogen-bond acceptors (Lipinski definition) is 3. The lowest BCUT2D eigenvalue weighted by Crippen LogP contribution is -2.23. The molecule has 0 aliphatic carbocycles. The standard InChI is InChI=1S/C15H20N2S/c1-4-7-16-15(14-9-18-10-17-14)13-6-5-11(2)12(3)8-13/h5-6,8-10,15-16H,4,7H2,1-3H3. The highest BCUT2D eigenvalue weighted by atomic mass is 32.1. The summed E-state index contributed by atoms with van der Waals surface area (Å²) in [5.74, 6) is 0. The lowest BCUT2D eigenvalue weighted by molar-refractivity contribution is 0.588. The van der Waals surface area contributed by atoms with Crippen molar-refractivity contribution in [1.29, 1.82) is 0 Å². The Morgan fingerprint density at radius 3 is 2.72 bits per heavy atom. The minimum absolute atomic E-state index is 0.218. The van der Waals surface area contributed by atoms with Crippen molar-refractivity contribution in [2.24, 2.45) is 0 Å². The normalized spacial score (nSPS) is 12.6. The third-order valence-electron chi connectivity index (χ3n) is 3.21. The molecule has 1 atom stereocenters. The Labute approximate surface area is 113 Å². The minimum Gasteiger partial charge on any atom is -0.305 e. The molecule has 1 N–H and O–H groups in total. The van der Waals surface area contributed by atoms with Crippen molar-refractivity contribution in [2.45, 2.75) is 33.2 Å². The topological polar surface area (TPSA) is 24.9 Å². The summed E-state index contributed by atoms with van der Waals surface area (Å²) in [5.41, 5.74) is 7.00. The van der Waals surface area contributed by atoms with Gasteiger partial charge in [-0.15, -0.1) is 11.3 Å². The summed E-state index contributed by atoms with van der Waals surface area (Å²) in [6.07, 6.45) is 1.13. The lowest BCUT2D eigenvalue weighted by atomic mass is 9.99. The molecule has 0 fully saturated rings. The molecule has 1 aromatic heterocycles. The van der Waals surface area contributed by atoms with Gasteiger partial charge >= 0.3 is 0 Å². The van der Waals surface area contributed by atoms with Gasteiger partial charge < -0.3 is 5.32 Å². The molecule has 1 heterocycles. The van der Waals surface area contributed by atoms with Crippen molar-refractivity contribution in [1.82, 2.24) is 10.3 Å². The molecule has 2 nitrogen and oxygen atoms in total. The Bertz CT molecular complexity index is 491. The molecule has 96 valence electrons. The predicted octanol–water partition coefficient (Wildman–Crippen LogP) is 3.85. The molecule has 2 rings (SSSR count). The second kappa shape index (κ2) is 6.12. The largest absolute Gasteiger partial charge is 0.305 e. The van der Waals surface area contributed by atoms with E-state index in [0.717, 1.165) is 18.7 Å². The van der Waals surface area contributed by atoms with E-state index in [9.17, 15) is 0 Å². The van der Waals surface area contributed by atoms with E-state index in [1.807, 2.05) is 5.51 Å². The van der Waals surface area contributed by atoms with E-state index in [1.165, 1.54) is 16.7 Å². The molecule has 1 aromatic carbocycles. The molecule has 0 saturated heterocycles. The molecule has 0 bridgehead atoms. The first-order valence-electron chi connectivity index (χ1n) is 6.41. The monoisotopic (exact) mass is 260 g/mol. The summed E-state index contributed by atoms with van der Waals surface area (Å²) in [7, 11) is 0. The van der Waals surface area contributed by atoms with Crippen LogP contribution in [0.15, 0.2) is 29.1 Å². The van der Waals surface area contributed by atoms with Crippen LogP contribution >= 0.6 is 11.3 Å². The molecule has 18 heavy (non-hydrogen) atoms. The van der Waals surface area contributed by atoms with Gasteiger partial charge in [-0.05, 0) is 43.5 Å². The zero-order valence-corrected chi connectivity index (χ0v) is 12.1. The van der Waals surface area contributed by atoms with Crippen molar-refractivity contribution in [3.05, 3.63) is 51.5 Å². The highest BCUT2D eigenvalue weighted by Gasteiger charge is 2.15. The average Bonchev–Trinajstić information content (AvgIpc) is 2.88. The number of nitrogens with zero attached hydrogens (tertiary/aromatic N) is 1. The second-order valence-electron chi connectivity index (χ2n) is 4.64. The van der Waals surface area contributed by atoms with Crippen LogP contribution in [-0.4, -0.2) is 11.5 Å². The first-order valence-corrected chi connectivity index (χ1v) is 7.35. The maximum absolute atomic E-state index is 4.45. The van der Waals surface area contributed by atoms with E-state index in [1.54, 1.807) is 11.3 Å². The minimum atomic E-state index is 0.218. The van der Waals surface area contributed by atoms with Crippen LogP contribution in [0.2, 0.25) is 0 Å². The molecule has 0 saturated carbocycles. The summed E-state index contributed by atoms with van der Waals surface area (Å²) in [6, 6.07) is 6.88. The Kier molecular flexibility index (Phi) is 4.50. The molecule has 0 spiro atoms. The lowest BCUT2D eigenvalue weighted by Gasteiger charge is -2.18. The molecule has 3 heteroatoms. The zero-order chi connectivity index (χ0) is 13.0. The number of aromatic nitrogens is 1. The van der Waals surface area contributed by atoms with E-state index in [-0.39, 0.29) is 6.04 Å². The molecule has 0 aliphatic rings. The quantitative estimate of drug-likeness (QED) is 0.883. The van der Waals surface area contributed by atoms with Crippen LogP contribution in [0, 0.1) is 13.8 Å². The highest BCUT2D eigenvalue weighted by molar-refractivity contribution is 7.07. The van der Waals surface area contributed by atoms with Gasteiger partial charge in [-0.25, -0.2) is 4.98 Å². The number of hydrogen-bond donors (Lipinski definition) is 1. The predicted molar refractivity (Wildman–Crippen MR) is 78.2 cm³/mol. The van der Waals surface area contributed by atoms with Crippen LogP contribution in [-0.2, 0) is 0 Å². The van der Waals surface area contributed by atoms with Crippen LogP contribution in [0.3, 0.4) is 0 Å². The smallest absolute Gasteiger partial charge is 0.0795 e. The average molecular weight is 260 g/mol. The van der Waals surface area contributed by atoms with E-state index in [0.29, 0.717) is 0 Å². The number of nitrogens with one attached hydrogen (secondary N) is 1. The molecule has 0 aliphatic heterocycles. The number of thiazole rings is 1.